The summed E-state index contributed by atoms with van der Waals surface area (Å²) >= 11 is 4.66. The smallest absolute Gasteiger partial charge is 0.00172 e. The Hall–Kier alpha value is -1.99. The number of hydrogen-bond donors (Lipinski definition) is 1. The van der Waals surface area contributed by atoms with Gasteiger partial charge >= 0.3 is 0 Å². The third kappa shape index (κ3) is 4.95. The molecule has 1 fully saturated rings. The predicted molar refractivity (Wildman–Crippen MR) is 131 cm³/mol. The summed E-state index contributed by atoms with van der Waals surface area (Å²) in [5.41, 5.74) is 9.57. The minimum Gasteiger partial charge on any atom is -0.176 e. The Labute approximate surface area is 181 Å². The third-order valence-electron chi connectivity index (χ3n) is 6.47. The molecule has 0 aromatic heterocycles. The number of aryl methyl sites for hydroxylation is 1. The number of rotatable bonds is 3. The molecule has 0 amide bonds. The standard InChI is InChI=1S/C28H32S/c1-20-5-3-8-25(10-9-20)28-18-15-26(19-21(28)2)23-7-4-6-22(11-12-23)24-13-16-27(29)17-14-24/h3,6-12,15,18-19,24,27,29H,4-5,13-14,16-17H2,1-2H3. The molecule has 0 saturated heterocycles. The summed E-state index contributed by atoms with van der Waals surface area (Å²) in [5.74, 6) is 0.719. The van der Waals surface area contributed by atoms with Gasteiger partial charge in [-0.2, -0.15) is 12.6 Å². The van der Waals surface area contributed by atoms with E-state index in [-0.39, 0.29) is 0 Å². The fourth-order valence-corrected chi connectivity index (χ4v) is 4.94. The first-order valence-electron chi connectivity index (χ1n) is 11.0. The van der Waals surface area contributed by atoms with E-state index >= 15 is 0 Å². The predicted octanol–water partition coefficient (Wildman–Crippen LogP) is 8.04. The molecule has 0 nitrogen and oxygen atoms in total. The van der Waals surface area contributed by atoms with Gasteiger partial charge in [0.25, 0.3) is 0 Å². The zero-order valence-electron chi connectivity index (χ0n) is 17.7. The molecular formula is C28H32S. The van der Waals surface area contributed by atoms with Gasteiger partial charge in [0, 0.05) is 5.25 Å². The van der Waals surface area contributed by atoms with E-state index in [4.69, 9.17) is 0 Å². The van der Waals surface area contributed by atoms with Crippen molar-refractivity contribution in [3.63, 3.8) is 0 Å². The van der Waals surface area contributed by atoms with E-state index in [1.165, 1.54) is 64.7 Å². The van der Waals surface area contributed by atoms with Crippen molar-refractivity contribution >= 4 is 23.8 Å². The summed E-state index contributed by atoms with van der Waals surface area (Å²) in [6.45, 7) is 4.42. The topological polar surface area (TPSA) is 0 Å². The molecule has 1 saturated carbocycles. The van der Waals surface area contributed by atoms with E-state index in [1.807, 2.05) is 0 Å². The van der Waals surface area contributed by atoms with Gasteiger partial charge in [0.2, 0.25) is 0 Å². The second-order valence-electron chi connectivity index (χ2n) is 8.71. The largest absolute Gasteiger partial charge is 0.176 e. The van der Waals surface area contributed by atoms with Gasteiger partial charge in [-0.15, -0.1) is 0 Å². The lowest BCUT2D eigenvalue weighted by molar-refractivity contribution is 0.417. The van der Waals surface area contributed by atoms with Crippen LogP contribution in [0.3, 0.4) is 0 Å². The number of allylic oxidation sites excluding steroid dienone is 12. The van der Waals surface area contributed by atoms with Gasteiger partial charge < -0.3 is 0 Å². The molecule has 150 valence electrons. The second kappa shape index (κ2) is 9.22. The van der Waals surface area contributed by atoms with Crippen molar-refractivity contribution in [2.45, 2.75) is 57.6 Å². The van der Waals surface area contributed by atoms with Gasteiger partial charge in [0.05, 0.1) is 0 Å². The lowest BCUT2D eigenvalue weighted by Crippen LogP contribution is -2.15. The zero-order valence-corrected chi connectivity index (χ0v) is 18.6. The van der Waals surface area contributed by atoms with Crippen LogP contribution in [0.1, 0.15) is 62.1 Å². The molecule has 1 aromatic carbocycles. The molecular weight excluding hydrogens is 368 g/mol. The quantitative estimate of drug-likeness (QED) is 0.488. The van der Waals surface area contributed by atoms with Crippen molar-refractivity contribution < 1.29 is 0 Å². The number of hydrogen-bond acceptors (Lipinski definition) is 1. The van der Waals surface area contributed by atoms with Crippen molar-refractivity contribution in [1.29, 1.82) is 0 Å². The lowest BCUT2D eigenvalue weighted by Gasteiger charge is -2.26. The number of benzene rings is 1. The Morgan fingerprint density at radius 1 is 0.862 bits per heavy atom. The molecule has 0 spiro atoms. The molecule has 0 heterocycles. The van der Waals surface area contributed by atoms with Crippen LogP contribution in [0.2, 0.25) is 0 Å². The highest BCUT2D eigenvalue weighted by Gasteiger charge is 2.21. The molecule has 0 bridgehead atoms. The summed E-state index contributed by atoms with van der Waals surface area (Å²) in [7, 11) is 0. The Morgan fingerprint density at radius 2 is 1.69 bits per heavy atom. The Kier molecular flexibility index (Phi) is 6.45. The second-order valence-corrected chi connectivity index (χ2v) is 9.44. The summed E-state index contributed by atoms with van der Waals surface area (Å²) in [6.07, 6.45) is 25.7. The molecule has 3 aliphatic carbocycles. The SMILES string of the molecule is CC1=CC=C(c2ccc(C3=CCC=C(C4CCC(S)CC4)C=C3)cc2C)C=CC1. The maximum absolute atomic E-state index is 4.66. The van der Waals surface area contributed by atoms with Crippen molar-refractivity contribution in [2.75, 3.05) is 0 Å². The van der Waals surface area contributed by atoms with Crippen LogP contribution in [0.15, 0.2) is 78.0 Å². The maximum atomic E-state index is 4.66. The van der Waals surface area contributed by atoms with Crippen molar-refractivity contribution in [3.05, 3.63) is 94.6 Å². The van der Waals surface area contributed by atoms with Gasteiger partial charge in [0.15, 0.2) is 0 Å². The summed E-state index contributed by atoms with van der Waals surface area (Å²) in [4.78, 5) is 0. The first-order chi connectivity index (χ1) is 14.1. The number of thiol groups is 1. The van der Waals surface area contributed by atoms with Crippen LogP contribution in [-0.2, 0) is 0 Å². The Balaban J connectivity index is 1.52. The van der Waals surface area contributed by atoms with E-state index in [9.17, 15) is 0 Å². The fraction of sp³-hybridized carbons (Fsp3) is 0.357. The molecule has 1 heteroatoms. The van der Waals surface area contributed by atoms with Gasteiger partial charge in [-0.1, -0.05) is 72.4 Å². The Morgan fingerprint density at radius 3 is 2.48 bits per heavy atom. The summed E-state index contributed by atoms with van der Waals surface area (Å²) in [5, 5.41) is 0.606. The van der Waals surface area contributed by atoms with Crippen LogP contribution in [-0.4, -0.2) is 5.25 Å². The van der Waals surface area contributed by atoms with E-state index < -0.39 is 0 Å². The van der Waals surface area contributed by atoms with Crippen molar-refractivity contribution in [3.8, 4) is 0 Å². The molecule has 0 N–H and O–H groups in total. The van der Waals surface area contributed by atoms with Crippen LogP contribution in [0.4, 0.5) is 0 Å². The average molecular weight is 401 g/mol. The first-order valence-corrected chi connectivity index (χ1v) is 11.5. The molecule has 0 atom stereocenters. The zero-order chi connectivity index (χ0) is 20.2. The first kappa shape index (κ1) is 20.3. The van der Waals surface area contributed by atoms with E-state index in [2.05, 4.69) is 93.3 Å². The van der Waals surface area contributed by atoms with Crippen molar-refractivity contribution in [1.82, 2.24) is 0 Å². The van der Waals surface area contributed by atoms with Crippen LogP contribution < -0.4 is 0 Å². The van der Waals surface area contributed by atoms with Gasteiger partial charge in [-0.05, 0) is 91.7 Å². The minimum atomic E-state index is 0.606. The van der Waals surface area contributed by atoms with E-state index in [0.717, 1.165) is 18.8 Å². The summed E-state index contributed by atoms with van der Waals surface area (Å²) < 4.78 is 0. The normalized spacial score (nSPS) is 24.8. The third-order valence-corrected chi connectivity index (χ3v) is 6.99. The van der Waals surface area contributed by atoms with Gasteiger partial charge in [0.1, 0.15) is 0 Å². The molecule has 0 unspecified atom stereocenters. The highest BCUT2D eigenvalue weighted by molar-refractivity contribution is 7.80. The molecule has 3 aliphatic rings. The highest BCUT2D eigenvalue weighted by Crippen LogP contribution is 2.35. The van der Waals surface area contributed by atoms with Crippen LogP contribution in [0.5, 0.6) is 0 Å². The fourth-order valence-electron chi connectivity index (χ4n) is 4.64. The summed E-state index contributed by atoms with van der Waals surface area (Å²) in [6, 6.07) is 6.92. The van der Waals surface area contributed by atoms with E-state index in [1.54, 1.807) is 0 Å². The van der Waals surface area contributed by atoms with Crippen LogP contribution >= 0.6 is 12.6 Å². The van der Waals surface area contributed by atoms with Gasteiger partial charge in [-0.3, -0.25) is 0 Å². The van der Waals surface area contributed by atoms with Crippen LogP contribution in [0, 0.1) is 12.8 Å². The molecule has 29 heavy (non-hydrogen) atoms. The van der Waals surface area contributed by atoms with Crippen LogP contribution in [0.25, 0.3) is 11.1 Å². The molecule has 0 aliphatic heterocycles. The van der Waals surface area contributed by atoms with Gasteiger partial charge in [-0.25, -0.2) is 0 Å². The minimum absolute atomic E-state index is 0.606. The van der Waals surface area contributed by atoms with E-state index in [0.29, 0.717) is 5.25 Å². The lowest BCUT2D eigenvalue weighted by atomic mass is 9.83. The maximum Gasteiger partial charge on any atom is 0.00172 e. The Bertz CT molecular complexity index is 941. The highest BCUT2D eigenvalue weighted by atomic mass is 32.1. The van der Waals surface area contributed by atoms with Crippen molar-refractivity contribution in [2.24, 2.45) is 5.92 Å². The monoisotopic (exact) mass is 400 g/mol. The average Bonchev–Trinajstić information content (AvgIpc) is 3.09. The molecule has 0 radical (unpaired) electrons. The molecule has 4 rings (SSSR count). The molecule has 1 aromatic rings.